The third-order valence-corrected chi connectivity index (χ3v) is 11.4. The number of hydrogen-bond donors (Lipinski definition) is 1. The van der Waals surface area contributed by atoms with E-state index >= 15 is 0 Å². The predicted molar refractivity (Wildman–Crippen MR) is 142 cm³/mol. The summed E-state index contributed by atoms with van der Waals surface area (Å²) in [5.74, 6) is 0.767. The summed E-state index contributed by atoms with van der Waals surface area (Å²) in [4.78, 5) is 45.4. The zero-order valence-corrected chi connectivity index (χ0v) is 22.2. The summed E-state index contributed by atoms with van der Waals surface area (Å²) in [6.07, 6.45) is 0.861. The fourth-order valence-corrected chi connectivity index (χ4v) is 10.3. The number of H-pyrrole nitrogens is 1. The molecule has 6 unspecified atom stereocenters. The van der Waals surface area contributed by atoms with Crippen LogP contribution in [0.4, 0.5) is 5.69 Å². The maximum atomic E-state index is 13.8. The molecule has 3 aromatic rings. The number of aryl methyl sites for hydroxylation is 1. The Morgan fingerprint density at radius 1 is 0.919 bits per heavy atom. The molecule has 1 aromatic heterocycles. The number of benzene rings is 2. The summed E-state index contributed by atoms with van der Waals surface area (Å²) in [5, 5.41) is 1.05. The van der Waals surface area contributed by atoms with Crippen LogP contribution in [0, 0.1) is 36.5 Å². The minimum atomic E-state index is -0.319. The van der Waals surface area contributed by atoms with Crippen LogP contribution in [0.2, 0.25) is 0 Å². The predicted octanol–water partition coefficient (Wildman–Crippen LogP) is 4.44. The number of hydrogen-bond acceptors (Lipinski definition) is 7. The highest BCUT2D eigenvalue weighted by molar-refractivity contribution is 8.00. The Bertz CT molecular complexity index is 1490. The van der Waals surface area contributed by atoms with E-state index in [-0.39, 0.29) is 57.4 Å². The molecule has 9 heteroatoms. The lowest BCUT2D eigenvalue weighted by atomic mass is 9.68. The van der Waals surface area contributed by atoms with Gasteiger partial charge in [0.05, 0.1) is 36.8 Å². The molecule has 1 N–H and O–H groups in total. The summed E-state index contributed by atoms with van der Waals surface area (Å²) in [6.45, 7) is 1.99. The quantitative estimate of drug-likeness (QED) is 0.498. The minimum Gasteiger partial charge on any atom is -0.493 e. The van der Waals surface area contributed by atoms with Gasteiger partial charge in [-0.05, 0) is 60.9 Å². The van der Waals surface area contributed by atoms with E-state index in [1.54, 1.807) is 26.0 Å². The standard InChI is InChI=1S/C28H26N2O5S2/c1-12-4-7-14(8-5-12)30-26(31)21-15-11-16(22(21)27(30)32)23-20(15)19(24-25(36-23)29-28(33)37-24)13-6-9-17(34-2)18(10-13)35-3/h4-10,15-16,19-23H,11H2,1-3H3,(H,29,33)/t15?,16?,19-,20?,21?,22?,23?/m1/s1. The average molecular weight is 535 g/mol. The molecule has 7 atom stereocenters. The monoisotopic (exact) mass is 534 g/mol. The molecule has 7 rings (SSSR count). The molecule has 0 radical (unpaired) electrons. The van der Waals surface area contributed by atoms with Gasteiger partial charge >= 0.3 is 4.87 Å². The number of nitrogens with one attached hydrogen (secondary N) is 1. The molecule has 2 saturated carbocycles. The Morgan fingerprint density at radius 2 is 1.62 bits per heavy atom. The number of nitrogens with zero attached hydrogens (tertiary/aromatic N) is 1. The zero-order chi connectivity index (χ0) is 25.6. The van der Waals surface area contributed by atoms with E-state index in [4.69, 9.17) is 9.47 Å². The molecule has 2 aliphatic carbocycles. The normalized spacial score (nSPS) is 31.3. The smallest absolute Gasteiger partial charge is 0.305 e. The van der Waals surface area contributed by atoms with E-state index in [2.05, 4.69) is 4.98 Å². The Hall–Kier alpha value is -3.04. The van der Waals surface area contributed by atoms with Crippen molar-refractivity contribution in [2.75, 3.05) is 19.1 Å². The van der Waals surface area contributed by atoms with Crippen molar-refractivity contribution in [3.63, 3.8) is 0 Å². The van der Waals surface area contributed by atoms with Crippen LogP contribution in [0.1, 0.15) is 28.3 Å². The maximum Gasteiger partial charge on any atom is 0.305 e. The van der Waals surface area contributed by atoms with Crippen molar-refractivity contribution >= 4 is 40.6 Å². The number of carbonyl (C=O) groups is 2. The second kappa shape index (κ2) is 8.23. The molecule has 2 amide bonds. The highest BCUT2D eigenvalue weighted by atomic mass is 32.2. The summed E-state index contributed by atoms with van der Waals surface area (Å²) in [7, 11) is 3.23. The van der Waals surface area contributed by atoms with E-state index in [1.165, 1.54) is 16.2 Å². The number of amides is 2. The van der Waals surface area contributed by atoms with Gasteiger partial charge in [0.25, 0.3) is 0 Å². The van der Waals surface area contributed by atoms with Crippen molar-refractivity contribution < 1.29 is 19.1 Å². The number of aromatic amines is 1. The van der Waals surface area contributed by atoms with Gasteiger partial charge in [0, 0.05) is 16.0 Å². The first-order chi connectivity index (χ1) is 17.9. The Balaban J connectivity index is 1.32. The molecule has 2 aromatic carbocycles. The minimum absolute atomic E-state index is 0.0581. The van der Waals surface area contributed by atoms with Gasteiger partial charge in [-0.25, -0.2) is 0 Å². The second-order valence-corrected chi connectivity index (χ2v) is 12.6. The molecule has 3 heterocycles. The molecule has 1 saturated heterocycles. The van der Waals surface area contributed by atoms with Gasteiger partial charge < -0.3 is 14.5 Å². The Morgan fingerprint density at radius 3 is 2.32 bits per heavy atom. The fraction of sp³-hybridized carbons (Fsp3) is 0.393. The van der Waals surface area contributed by atoms with Crippen molar-refractivity contribution in [1.82, 2.24) is 4.98 Å². The lowest BCUT2D eigenvalue weighted by molar-refractivity contribution is -0.123. The van der Waals surface area contributed by atoms with Gasteiger partial charge in [-0.15, -0.1) is 11.8 Å². The van der Waals surface area contributed by atoms with E-state index < -0.39 is 0 Å². The van der Waals surface area contributed by atoms with Crippen LogP contribution in [0.15, 0.2) is 52.3 Å². The van der Waals surface area contributed by atoms with Crippen molar-refractivity contribution in [2.24, 2.45) is 29.6 Å². The van der Waals surface area contributed by atoms with Crippen LogP contribution < -0.4 is 19.2 Å². The number of anilines is 1. The maximum absolute atomic E-state index is 13.8. The number of carbonyl (C=O) groups excluding carboxylic acids is 2. The number of aromatic nitrogens is 1. The van der Waals surface area contributed by atoms with Crippen LogP contribution in [0.25, 0.3) is 0 Å². The Kier molecular flexibility index (Phi) is 5.14. The first-order valence-electron chi connectivity index (χ1n) is 12.5. The number of thioether (sulfide) groups is 1. The summed E-state index contributed by atoms with van der Waals surface area (Å²) in [6, 6.07) is 13.5. The summed E-state index contributed by atoms with van der Waals surface area (Å²) < 4.78 is 11.1. The number of thiazole rings is 1. The molecule has 2 aliphatic heterocycles. The third-order valence-electron chi connectivity index (χ3n) is 8.78. The molecule has 3 fully saturated rings. The molecule has 7 nitrogen and oxygen atoms in total. The first-order valence-corrected chi connectivity index (χ1v) is 14.2. The van der Waals surface area contributed by atoms with Crippen LogP contribution >= 0.6 is 23.1 Å². The van der Waals surface area contributed by atoms with E-state index in [9.17, 15) is 14.4 Å². The van der Waals surface area contributed by atoms with Gasteiger partial charge in [0.2, 0.25) is 11.8 Å². The van der Waals surface area contributed by atoms with Gasteiger partial charge in [-0.3, -0.25) is 19.3 Å². The van der Waals surface area contributed by atoms with Gasteiger partial charge in [0.1, 0.15) is 0 Å². The fourth-order valence-electron chi connectivity index (χ4n) is 7.38. The third kappa shape index (κ3) is 3.16. The lowest BCUT2D eigenvalue weighted by Crippen LogP contribution is -2.42. The number of ether oxygens (including phenoxy) is 2. The molecule has 2 bridgehead atoms. The van der Waals surface area contributed by atoms with Crippen molar-refractivity contribution in [1.29, 1.82) is 0 Å². The first kappa shape index (κ1) is 23.1. The largest absolute Gasteiger partial charge is 0.493 e. The van der Waals surface area contributed by atoms with E-state index in [0.717, 1.165) is 27.5 Å². The van der Waals surface area contributed by atoms with Gasteiger partial charge in [-0.1, -0.05) is 35.1 Å². The zero-order valence-electron chi connectivity index (χ0n) is 20.6. The lowest BCUT2D eigenvalue weighted by Gasteiger charge is -2.43. The second-order valence-electron chi connectivity index (χ2n) is 10.4. The Labute approximate surface area is 222 Å². The van der Waals surface area contributed by atoms with Gasteiger partial charge in [-0.2, -0.15) is 0 Å². The number of rotatable bonds is 4. The van der Waals surface area contributed by atoms with Crippen LogP contribution in [0.5, 0.6) is 11.5 Å². The molecular weight excluding hydrogens is 508 g/mol. The number of fused-ring (bicyclic) bond motifs is 9. The number of imide groups is 1. The topological polar surface area (TPSA) is 88.7 Å². The highest BCUT2D eigenvalue weighted by Gasteiger charge is 2.69. The van der Waals surface area contributed by atoms with Crippen molar-refractivity contribution in [3.05, 3.63) is 68.1 Å². The average Bonchev–Trinajstić information content (AvgIpc) is 3.63. The summed E-state index contributed by atoms with van der Waals surface area (Å²) in [5.41, 5.74) is 2.79. The van der Waals surface area contributed by atoms with E-state index in [0.29, 0.717) is 17.2 Å². The summed E-state index contributed by atoms with van der Waals surface area (Å²) >= 11 is 2.95. The highest BCUT2D eigenvalue weighted by Crippen LogP contribution is 2.68. The van der Waals surface area contributed by atoms with Crippen molar-refractivity contribution in [2.45, 2.75) is 29.5 Å². The molecule has 0 spiro atoms. The molecule has 190 valence electrons. The van der Waals surface area contributed by atoms with Crippen LogP contribution in [0.3, 0.4) is 0 Å². The van der Waals surface area contributed by atoms with Crippen LogP contribution in [-0.2, 0) is 9.59 Å². The molecule has 37 heavy (non-hydrogen) atoms. The molecular formula is C28H26N2O5S2. The molecule has 4 aliphatic rings. The van der Waals surface area contributed by atoms with Crippen molar-refractivity contribution in [3.8, 4) is 11.5 Å². The van der Waals surface area contributed by atoms with Gasteiger partial charge in [0.15, 0.2) is 11.5 Å². The SMILES string of the molecule is COc1ccc([C@H]2c3sc(=O)[nH]c3SC3C4CC(C5C(=O)N(c6ccc(C)cc6)C(=O)C45)C32)cc1OC. The number of methoxy groups -OCH3 is 2. The van der Waals surface area contributed by atoms with E-state index in [1.807, 2.05) is 49.4 Å². The van der Waals surface area contributed by atoms with Crippen LogP contribution in [-0.4, -0.2) is 36.3 Å².